The SMILES string of the molecule is CCCCOC(C)C(=O)Nc1nc(-c2cccc(Br)c2)cs1. The van der Waals surface area contributed by atoms with E-state index in [1.807, 2.05) is 29.6 Å². The largest absolute Gasteiger partial charge is 0.369 e. The van der Waals surface area contributed by atoms with Crippen molar-refractivity contribution >= 4 is 38.3 Å². The lowest BCUT2D eigenvalue weighted by molar-refractivity contribution is -0.126. The summed E-state index contributed by atoms with van der Waals surface area (Å²) in [5.41, 5.74) is 1.86. The van der Waals surface area contributed by atoms with Crippen LogP contribution in [-0.2, 0) is 9.53 Å². The molecule has 22 heavy (non-hydrogen) atoms. The van der Waals surface area contributed by atoms with Gasteiger partial charge in [0, 0.05) is 22.0 Å². The predicted octanol–water partition coefficient (Wildman–Crippen LogP) is 4.72. The van der Waals surface area contributed by atoms with E-state index in [4.69, 9.17) is 4.74 Å². The third-order valence-electron chi connectivity index (χ3n) is 3.09. The first-order valence-electron chi connectivity index (χ1n) is 7.24. The molecule has 0 aliphatic heterocycles. The van der Waals surface area contributed by atoms with Gasteiger partial charge in [0.1, 0.15) is 6.10 Å². The molecule has 2 aromatic rings. The average Bonchev–Trinajstić information content (AvgIpc) is 2.96. The Balaban J connectivity index is 1.95. The van der Waals surface area contributed by atoms with Crippen LogP contribution in [0.5, 0.6) is 0 Å². The van der Waals surface area contributed by atoms with E-state index in [1.165, 1.54) is 11.3 Å². The molecule has 1 aromatic heterocycles. The molecule has 1 aromatic carbocycles. The number of benzene rings is 1. The van der Waals surface area contributed by atoms with E-state index < -0.39 is 6.10 Å². The highest BCUT2D eigenvalue weighted by Crippen LogP contribution is 2.26. The van der Waals surface area contributed by atoms with E-state index in [9.17, 15) is 4.79 Å². The molecule has 0 saturated heterocycles. The fraction of sp³-hybridized carbons (Fsp3) is 0.375. The standard InChI is InChI=1S/C16H19BrN2O2S/c1-3-4-8-21-11(2)15(20)19-16-18-14(10-22-16)12-6-5-7-13(17)9-12/h5-7,9-11H,3-4,8H2,1-2H3,(H,18,19,20). The van der Waals surface area contributed by atoms with Crippen molar-refractivity contribution in [3.63, 3.8) is 0 Å². The van der Waals surface area contributed by atoms with Crippen molar-refractivity contribution < 1.29 is 9.53 Å². The summed E-state index contributed by atoms with van der Waals surface area (Å²) in [4.78, 5) is 16.5. The second-order valence-corrected chi connectivity index (χ2v) is 6.68. The maximum absolute atomic E-state index is 12.0. The van der Waals surface area contributed by atoms with Gasteiger partial charge in [0.2, 0.25) is 0 Å². The number of hydrogen-bond acceptors (Lipinski definition) is 4. The summed E-state index contributed by atoms with van der Waals surface area (Å²) in [5, 5.41) is 5.32. The number of halogens is 1. The molecule has 2 rings (SSSR count). The van der Waals surface area contributed by atoms with Crippen LogP contribution in [0.25, 0.3) is 11.3 Å². The van der Waals surface area contributed by atoms with E-state index in [0.29, 0.717) is 11.7 Å². The maximum Gasteiger partial charge on any atom is 0.254 e. The number of carbonyl (C=O) groups is 1. The normalized spacial score (nSPS) is 12.1. The van der Waals surface area contributed by atoms with Crippen molar-refractivity contribution in [1.29, 1.82) is 0 Å². The molecule has 0 saturated carbocycles. The summed E-state index contributed by atoms with van der Waals surface area (Å²) in [5.74, 6) is -0.161. The van der Waals surface area contributed by atoms with Gasteiger partial charge < -0.3 is 4.74 Å². The van der Waals surface area contributed by atoms with Gasteiger partial charge in [0.15, 0.2) is 5.13 Å². The molecule has 1 heterocycles. The minimum atomic E-state index is -0.468. The summed E-state index contributed by atoms with van der Waals surface area (Å²) in [6.45, 7) is 4.45. The first-order chi connectivity index (χ1) is 10.6. The summed E-state index contributed by atoms with van der Waals surface area (Å²) >= 11 is 4.86. The molecular weight excluding hydrogens is 364 g/mol. The molecule has 1 atom stereocenters. The van der Waals surface area contributed by atoms with Gasteiger partial charge in [0.25, 0.3) is 5.91 Å². The van der Waals surface area contributed by atoms with E-state index >= 15 is 0 Å². The second-order valence-electron chi connectivity index (χ2n) is 4.90. The zero-order chi connectivity index (χ0) is 15.9. The molecule has 1 unspecified atom stereocenters. The molecule has 0 radical (unpaired) electrons. The molecule has 4 nitrogen and oxygen atoms in total. The number of nitrogens with one attached hydrogen (secondary N) is 1. The highest BCUT2D eigenvalue weighted by atomic mass is 79.9. The molecule has 6 heteroatoms. The number of carbonyl (C=O) groups excluding carboxylic acids is 1. The topological polar surface area (TPSA) is 51.2 Å². The minimum Gasteiger partial charge on any atom is -0.369 e. The molecule has 1 amide bonds. The predicted molar refractivity (Wildman–Crippen MR) is 94.2 cm³/mol. The van der Waals surface area contributed by atoms with E-state index in [1.54, 1.807) is 6.92 Å². The quantitative estimate of drug-likeness (QED) is 0.704. The molecule has 118 valence electrons. The third-order valence-corrected chi connectivity index (χ3v) is 4.34. The van der Waals surface area contributed by atoms with Crippen LogP contribution in [0.15, 0.2) is 34.1 Å². The van der Waals surface area contributed by atoms with Gasteiger partial charge >= 0.3 is 0 Å². The van der Waals surface area contributed by atoms with Crippen LogP contribution < -0.4 is 5.32 Å². The van der Waals surface area contributed by atoms with Gasteiger partial charge in [-0.25, -0.2) is 4.98 Å². The third kappa shape index (κ3) is 4.90. The number of hydrogen-bond donors (Lipinski definition) is 1. The van der Waals surface area contributed by atoms with Crippen molar-refractivity contribution in [2.45, 2.75) is 32.8 Å². The summed E-state index contributed by atoms with van der Waals surface area (Å²) in [6.07, 6.45) is 1.54. The average molecular weight is 383 g/mol. The zero-order valence-corrected chi connectivity index (χ0v) is 15.0. The Bertz CT molecular complexity index is 630. The number of anilines is 1. The minimum absolute atomic E-state index is 0.161. The number of nitrogens with zero attached hydrogens (tertiary/aromatic N) is 1. The van der Waals surface area contributed by atoms with Crippen LogP contribution in [0.2, 0.25) is 0 Å². The van der Waals surface area contributed by atoms with Crippen molar-refractivity contribution in [2.75, 3.05) is 11.9 Å². The summed E-state index contributed by atoms with van der Waals surface area (Å²) in [7, 11) is 0. The van der Waals surface area contributed by atoms with E-state index in [0.717, 1.165) is 28.6 Å². The van der Waals surface area contributed by atoms with Gasteiger partial charge in [-0.05, 0) is 25.5 Å². The Labute approximate surface area is 143 Å². The highest BCUT2D eigenvalue weighted by Gasteiger charge is 2.15. The Morgan fingerprint density at radius 1 is 1.50 bits per heavy atom. The number of rotatable bonds is 7. The van der Waals surface area contributed by atoms with Crippen molar-refractivity contribution in [1.82, 2.24) is 4.98 Å². The lowest BCUT2D eigenvalue weighted by atomic mass is 10.2. The summed E-state index contributed by atoms with van der Waals surface area (Å²) < 4.78 is 6.48. The first-order valence-corrected chi connectivity index (χ1v) is 8.91. The maximum atomic E-state index is 12.0. The van der Waals surface area contributed by atoms with Gasteiger partial charge in [-0.2, -0.15) is 0 Å². The lowest BCUT2D eigenvalue weighted by Gasteiger charge is -2.11. The van der Waals surface area contributed by atoms with Crippen LogP contribution in [0.4, 0.5) is 5.13 Å². The van der Waals surface area contributed by atoms with Crippen LogP contribution in [0, 0.1) is 0 Å². The summed E-state index contributed by atoms with van der Waals surface area (Å²) in [6, 6.07) is 7.91. The van der Waals surface area contributed by atoms with Crippen LogP contribution >= 0.6 is 27.3 Å². The van der Waals surface area contributed by atoms with E-state index in [-0.39, 0.29) is 5.91 Å². The molecular formula is C16H19BrN2O2S. The van der Waals surface area contributed by atoms with Crippen LogP contribution in [0.1, 0.15) is 26.7 Å². The van der Waals surface area contributed by atoms with Gasteiger partial charge in [-0.3, -0.25) is 10.1 Å². The van der Waals surface area contributed by atoms with Crippen LogP contribution in [-0.4, -0.2) is 23.6 Å². The molecule has 0 aliphatic rings. The molecule has 1 N–H and O–H groups in total. The number of aromatic nitrogens is 1. The van der Waals surface area contributed by atoms with Gasteiger partial charge in [0.05, 0.1) is 5.69 Å². The lowest BCUT2D eigenvalue weighted by Crippen LogP contribution is -2.28. The number of thiazole rings is 1. The smallest absolute Gasteiger partial charge is 0.254 e. The first kappa shape index (κ1) is 17.1. The number of unbranched alkanes of at least 4 members (excludes halogenated alkanes) is 1. The molecule has 0 spiro atoms. The van der Waals surface area contributed by atoms with Crippen molar-refractivity contribution in [3.05, 3.63) is 34.1 Å². The number of amides is 1. The monoisotopic (exact) mass is 382 g/mol. The van der Waals surface area contributed by atoms with Crippen molar-refractivity contribution in [3.8, 4) is 11.3 Å². The Morgan fingerprint density at radius 2 is 2.32 bits per heavy atom. The Morgan fingerprint density at radius 3 is 3.05 bits per heavy atom. The van der Waals surface area contributed by atoms with E-state index in [2.05, 4.69) is 33.2 Å². The molecule has 0 aliphatic carbocycles. The van der Waals surface area contributed by atoms with Gasteiger partial charge in [-0.1, -0.05) is 41.4 Å². The second kappa shape index (κ2) is 8.41. The zero-order valence-electron chi connectivity index (χ0n) is 12.6. The van der Waals surface area contributed by atoms with Gasteiger partial charge in [-0.15, -0.1) is 11.3 Å². The number of ether oxygens (including phenoxy) is 1. The highest BCUT2D eigenvalue weighted by molar-refractivity contribution is 9.10. The Kier molecular flexibility index (Phi) is 6.54. The molecule has 0 bridgehead atoms. The molecule has 0 fully saturated rings. The fourth-order valence-electron chi connectivity index (χ4n) is 1.80. The van der Waals surface area contributed by atoms with Crippen LogP contribution in [0.3, 0.4) is 0 Å². The van der Waals surface area contributed by atoms with Crippen molar-refractivity contribution in [2.24, 2.45) is 0 Å². The Hall–Kier alpha value is -1.24. The fourth-order valence-corrected chi connectivity index (χ4v) is 2.92.